The first-order valence-corrected chi connectivity index (χ1v) is 6.04. The molecular weight excluding hydrogens is 294 g/mol. The topological polar surface area (TPSA) is 12.0 Å². The molecule has 0 spiro atoms. The first-order chi connectivity index (χ1) is 6.27. The van der Waals surface area contributed by atoms with E-state index in [9.17, 15) is 0 Å². The van der Waals surface area contributed by atoms with E-state index in [-0.39, 0.29) is 0 Å². The van der Waals surface area contributed by atoms with Gasteiger partial charge in [0.25, 0.3) is 0 Å². The minimum atomic E-state index is 0.560. The number of hydrogen-bond donors (Lipinski definition) is 1. The van der Waals surface area contributed by atoms with Crippen molar-refractivity contribution in [1.82, 2.24) is 5.32 Å². The molecule has 0 unspecified atom stereocenters. The zero-order chi connectivity index (χ0) is 9.26. The largest absolute Gasteiger partial charge is 0.310 e. The van der Waals surface area contributed by atoms with E-state index >= 15 is 0 Å². The van der Waals surface area contributed by atoms with Crippen LogP contribution in [-0.2, 0) is 0 Å². The standard InChI is InChI=1S/C10H11Br2N/c11-8-4-3-7(6-9(8)12)10-2-1-5-13-10/h3-4,6,10,13H,1-2,5H2/t10-/m1/s1. The van der Waals surface area contributed by atoms with Crippen LogP contribution in [-0.4, -0.2) is 6.54 Å². The van der Waals surface area contributed by atoms with Gasteiger partial charge in [0, 0.05) is 15.0 Å². The van der Waals surface area contributed by atoms with Crippen molar-refractivity contribution in [3.8, 4) is 0 Å². The van der Waals surface area contributed by atoms with E-state index in [0.717, 1.165) is 15.5 Å². The highest BCUT2D eigenvalue weighted by Crippen LogP contribution is 2.29. The van der Waals surface area contributed by atoms with Gasteiger partial charge in [-0.05, 0) is 68.9 Å². The molecule has 1 atom stereocenters. The van der Waals surface area contributed by atoms with E-state index in [1.165, 1.54) is 18.4 Å². The third-order valence-electron chi connectivity index (χ3n) is 2.41. The molecular formula is C10H11Br2N. The minimum absolute atomic E-state index is 0.560. The smallest absolute Gasteiger partial charge is 0.0321 e. The minimum Gasteiger partial charge on any atom is -0.310 e. The molecule has 0 aliphatic carbocycles. The molecule has 0 amide bonds. The maximum Gasteiger partial charge on any atom is 0.0321 e. The average Bonchev–Trinajstić information content (AvgIpc) is 2.62. The van der Waals surface area contributed by atoms with Crippen LogP contribution in [0.5, 0.6) is 0 Å². The fraction of sp³-hybridized carbons (Fsp3) is 0.400. The molecule has 1 nitrogen and oxygen atoms in total. The second kappa shape index (κ2) is 4.11. The van der Waals surface area contributed by atoms with Gasteiger partial charge in [-0.1, -0.05) is 6.07 Å². The normalized spacial score (nSPS) is 22.2. The SMILES string of the molecule is Brc1ccc([C@H]2CCCN2)cc1Br. The molecule has 1 aromatic rings. The van der Waals surface area contributed by atoms with Crippen LogP contribution in [0.2, 0.25) is 0 Å². The Labute approximate surface area is 95.2 Å². The molecule has 0 aromatic heterocycles. The van der Waals surface area contributed by atoms with Crippen LogP contribution in [0.25, 0.3) is 0 Å². The maximum atomic E-state index is 3.52. The predicted molar refractivity (Wildman–Crippen MR) is 61.8 cm³/mol. The van der Waals surface area contributed by atoms with Crippen LogP contribution < -0.4 is 5.32 Å². The molecule has 3 heteroatoms. The second-order valence-corrected chi connectivity index (χ2v) is 5.03. The van der Waals surface area contributed by atoms with Crippen molar-refractivity contribution in [2.75, 3.05) is 6.54 Å². The lowest BCUT2D eigenvalue weighted by atomic mass is 10.1. The van der Waals surface area contributed by atoms with Crippen molar-refractivity contribution >= 4 is 31.9 Å². The van der Waals surface area contributed by atoms with Crippen LogP contribution in [0.1, 0.15) is 24.4 Å². The van der Waals surface area contributed by atoms with Crippen LogP contribution in [0, 0.1) is 0 Å². The Hall–Kier alpha value is 0.140. The van der Waals surface area contributed by atoms with Gasteiger partial charge in [0.1, 0.15) is 0 Å². The van der Waals surface area contributed by atoms with Crippen molar-refractivity contribution < 1.29 is 0 Å². The van der Waals surface area contributed by atoms with E-state index in [2.05, 4.69) is 55.4 Å². The quantitative estimate of drug-likeness (QED) is 0.835. The Morgan fingerprint density at radius 1 is 1.23 bits per heavy atom. The van der Waals surface area contributed by atoms with Gasteiger partial charge in [-0.25, -0.2) is 0 Å². The molecule has 70 valence electrons. The maximum absolute atomic E-state index is 3.52. The summed E-state index contributed by atoms with van der Waals surface area (Å²) in [6.07, 6.45) is 2.55. The van der Waals surface area contributed by atoms with Crippen LogP contribution in [0.15, 0.2) is 27.1 Å². The van der Waals surface area contributed by atoms with Crippen molar-refractivity contribution in [2.45, 2.75) is 18.9 Å². The molecule has 1 aliphatic heterocycles. The lowest BCUT2D eigenvalue weighted by Crippen LogP contribution is -2.12. The van der Waals surface area contributed by atoms with E-state index in [1.807, 2.05) is 0 Å². The molecule has 13 heavy (non-hydrogen) atoms. The number of benzene rings is 1. The van der Waals surface area contributed by atoms with Crippen LogP contribution in [0.3, 0.4) is 0 Å². The Morgan fingerprint density at radius 3 is 2.69 bits per heavy atom. The molecule has 1 aliphatic rings. The van der Waals surface area contributed by atoms with E-state index in [4.69, 9.17) is 0 Å². The van der Waals surface area contributed by atoms with Crippen molar-refractivity contribution in [3.05, 3.63) is 32.7 Å². The highest BCUT2D eigenvalue weighted by atomic mass is 79.9. The first kappa shape index (κ1) is 9.69. The number of hydrogen-bond acceptors (Lipinski definition) is 1. The first-order valence-electron chi connectivity index (χ1n) is 4.46. The molecule has 1 N–H and O–H groups in total. The van der Waals surface area contributed by atoms with Gasteiger partial charge in [-0.3, -0.25) is 0 Å². The fourth-order valence-corrected chi connectivity index (χ4v) is 2.34. The highest BCUT2D eigenvalue weighted by molar-refractivity contribution is 9.13. The van der Waals surface area contributed by atoms with E-state index in [0.29, 0.717) is 6.04 Å². The summed E-state index contributed by atoms with van der Waals surface area (Å²) in [5.41, 5.74) is 1.38. The summed E-state index contributed by atoms with van der Waals surface area (Å²) in [4.78, 5) is 0. The fourth-order valence-electron chi connectivity index (χ4n) is 1.70. The Balaban J connectivity index is 2.25. The van der Waals surface area contributed by atoms with Crippen molar-refractivity contribution in [3.63, 3.8) is 0 Å². The van der Waals surface area contributed by atoms with E-state index < -0.39 is 0 Å². The summed E-state index contributed by atoms with van der Waals surface area (Å²) in [7, 11) is 0. The highest BCUT2D eigenvalue weighted by Gasteiger charge is 2.16. The summed E-state index contributed by atoms with van der Waals surface area (Å²) >= 11 is 6.99. The monoisotopic (exact) mass is 303 g/mol. The summed E-state index contributed by atoms with van der Waals surface area (Å²) in [5, 5.41) is 3.48. The molecule has 1 heterocycles. The summed E-state index contributed by atoms with van der Waals surface area (Å²) in [6.45, 7) is 1.15. The number of rotatable bonds is 1. The zero-order valence-electron chi connectivity index (χ0n) is 7.19. The Morgan fingerprint density at radius 2 is 2.08 bits per heavy atom. The van der Waals surface area contributed by atoms with Gasteiger partial charge in [0.15, 0.2) is 0 Å². The number of halogens is 2. The molecule has 0 radical (unpaired) electrons. The van der Waals surface area contributed by atoms with Crippen molar-refractivity contribution in [1.29, 1.82) is 0 Å². The van der Waals surface area contributed by atoms with Gasteiger partial charge in [0.2, 0.25) is 0 Å². The lowest BCUT2D eigenvalue weighted by molar-refractivity contribution is 0.647. The molecule has 0 bridgehead atoms. The summed E-state index contributed by atoms with van der Waals surface area (Å²) < 4.78 is 2.26. The van der Waals surface area contributed by atoms with Gasteiger partial charge < -0.3 is 5.32 Å². The Kier molecular flexibility index (Phi) is 3.06. The van der Waals surface area contributed by atoms with Gasteiger partial charge in [-0.15, -0.1) is 0 Å². The Bertz CT molecular complexity index is 306. The van der Waals surface area contributed by atoms with Crippen LogP contribution in [0.4, 0.5) is 0 Å². The van der Waals surface area contributed by atoms with Crippen molar-refractivity contribution in [2.24, 2.45) is 0 Å². The third kappa shape index (κ3) is 2.14. The van der Waals surface area contributed by atoms with Gasteiger partial charge >= 0.3 is 0 Å². The summed E-state index contributed by atoms with van der Waals surface area (Å²) in [6, 6.07) is 7.02. The van der Waals surface area contributed by atoms with Gasteiger partial charge in [0.05, 0.1) is 0 Å². The van der Waals surface area contributed by atoms with Crippen LogP contribution >= 0.6 is 31.9 Å². The second-order valence-electron chi connectivity index (χ2n) is 3.32. The third-order valence-corrected chi connectivity index (χ3v) is 4.29. The number of nitrogens with one attached hydrogen (secondary N) is 1. The molecule has 1 saturated heterocycles. The molecule has 0 saturated carbocycles. The summed E-state index contributed by atoms with van der Waals surface area (Å²) in [5.74, 6) is 0. The average molecular weight is 305 g/mol. The lowest BCUT2D eigenvalue weighted by Gasteiger charge is -2.11. The molecule has 1 fully saturated rings. The van der Waals surface area contributed by atoms with Gasteiger partial charge in [-0.2, -0.15) is 0 Å². The predicted octanol–water partition coefficient (Wildman–Crippen LogP) is 3.64. The molecule has 2 rings (SSSR count). The molecule has 1 aromatic carbocycles. The van der Waals surface area contributed by atoms with E-state index in [1.54, 1.807) is 0 Å². The zero-order valence-corrected chi connectivity index (χ0v) is 10.4.